The molecule has 1 aromatic carbocycles. The van der Waals surface area contributed by atoms with E-state index in [9.17, 15) is 18.0 Å². The molecule has 0 fully saturated rings. The molecule has 2 aromatic rings. The van der Waals surface area contributed by atoms with E-state index in [1.807, 2.05) is 31.2 Å². The van der Waals surface area contributed by atoms with Crippen LogP contribution in [-0.2, 0) is 12.7 Å². The first kappa shape index (κ1) is 15.2. The number of anilines is 1. The lowest BCUT2D eigenvalue weighted by atomic mass is 10.2. The van der Waals surface area contributed by atoms with Crippen molar-refractivity contribution in [2.45, 2.75) is 19.6 Å². The summed E-state index contributed by atoms with van der Waals surface area (Å²) in [6, 6.07) is 10.7. The average molecular weight is 296 g/mol. The summed E-state index contributed by atoms with van der Waals surface area (Å²) >= 11 is 0. The van der Waals surface area contributed by atoms with E-state index in [0.717, 1.165) is 34.0 Å². The molecule has 0 aliphatic rings. The van der Waals surface area contributed by atoms with Gasteiger partial charge in [0.15, 0.2) is 0 Å². The second-order valence-corrected chi connectivity index (χ2v) is 4.69. The SMILES string of the molecule is Cc1cccc(NCCn2c(C(F)(F)F)cccc2=O)c1. The fourth-order valence-electron chi connectivity index (χ4n) is 2.07. The molecule has 112 valence electrons. The highest BCUT2D eigenvalue weighted by Gasteiger charge is 2.33. The van der Waals surface area contributed by atoms with Crippen LogP contribution in [0.1, 0.15) is 11.3 Å². The van der Waals surface area contributed by atoms with Gasteiger partial charge in [-0.25, -0.2) is 0 Å². The summed E-state index contributed by atoms with van der Waals surface area (Å²) in [5.74, 6) is 0. The van der Waals surface area contributed by atoms with E-state index in [0.29, 0.717) is 0 Å². The van der Waals surface area contributed by atoms with Crippen LogP contribution >= 0.6 is 0 Å². The first-order valence-corrected chi connectivity index (χ1v) is 6.45. The molecule has 0 spiro atoms. The Kier molecular flexibility index (Phi) is 4.35. The third-order valence-corrected chi connectivity index (χ3v) is 3.02. The molecule has 6 heteroatoms. The summed E-state index contributed by atoms with van der Waals surface area (Å²) in [5.41, 5.74) is 0.275. The summed E-state index contributed by atoms with van der Waals surface area (Å²) in [7, 11) is 0. The first-order valence-electron chi connectivity index (χ1n) is 6.45. The molecule has 1 N–H and O–H groups in total. The molecular formula is C15H15F3N2O. The zero-order valence-corrected chi connectivity index (χ0v) is 11.4. The number of aromatic nitrogens is 1. The lowest BCUT2D eigenvalue weighted by Gasteiger charge is -2.15. The van der Waals surface area contributed by atoms with Crippen molar-refractivity contribution in [3.8, 4) is 0 Å². The van der Waals surface area contributed by atoms with Crippen molar-refractivity contribution in [1.82, 2.24) is 4.57 Å². The Bertz CT molecular complexity index is 677. The number of nitrogens with zero attached hydrogens (tertiary/aromatic N) is 1. The summed E-state index contributed by atoms with van der Waals surface area (Å²) in [6.45, 7) is 2.10. The number of rotatable bonds is 4. The Labute approximate surface area is 120 Å². The minimum atomic E-state index is -4.54. The van der Waals surface area contributed by atoms with Gasteiger partial charge in [-0.15, -0.1) is 0 Å². The molecule has 0 atom stereocenters. The number of nitrogens with one attached hydrogen (secondary N) is 1. The normalized spacial score (nSPS) is 11.4. The van der Waals surface area contributed by atoms with Crippen molar-refractivity contribution in [3.05, 3.63) is 64.1 Å². The summed E-state index contributed by atoms with van der Waals surface area (Å²) in [6.07, 6.45) is -4.54. The van der Waals surface area contributed by atoms with Crippen LogP contribution in [-0.4, -0.2) is 11.1 Å². The van der Waals surface area contributed by atoms with Gasteiger partial charge in [0.2, 0.25) is 0 Å². The molecule has 1 heterocycles. The third kappa shape index (κ3) is 3.87. The van der Waals surface area contributed by atoms with Gasteiger partial charge >= 0.3 is 6.18 Å². The number of halogens is 3. The Balaban J connectivity index is 2.12. The maximum absolute atomic E-state index is 12.9. The van der Waals surface area contributed by atoms with Gasteiger partial charge in [0.05, 0.1) is 0 Å². The van der Waals surface area contributed by atoms with Crippen LogP contribution in [0.5, 0.6) is 0 Å². The Morgan fingerprint density at radius 3 is 2.52 bits per heavy atom. The predicted molar refractivity (Wildman–Crippen MR) is 75.4 cm³/mol. The molecule has 0 saturated heterocycles. The van der Waals surface area contributed by atoms with Gasteiger partial charge in [0, 0.05) is 24.8 Å². The number of hydrogen-bond donors (Lipinski definition) is 1. The summed E-state index contributed by atoms with van der Waals surface area (Å²) < 4.78 is 39.3. The van der Waals surface area contributed by atoms with E-state index in [-0.39, 0.29) is 13.1 Å². The van der Waals surface area contributed by atoms with E-state index in [1.54, 1.807) is 0 Å². The van der Waals surface area contributed by atoms with Crippen LogP contribution in [0.2, 0.25) is 0 Å². The lowest BCUT2D eigenvalue weighted by Crippen LogP contribution is -2.29. The molecule has 0 bridgehead atoms. The smallest absolute Gasteiger partial charge is 0.383 e. The number of pyridine rings is 1. The fraction of sp³-hybridized carbons (Fsp3) is 0.267. The fourth-order valence-corrected chi connectivity index (χ4v) is 2.07. The van der Waals surface area contributed by atoms with Gasteiger partial charge in [-0.3, -0.25) is 4.79 Å². The lowest BCUT2D eigenvalue weighted by molar-refractivity contribution is -0.144. The first-order chi connectivity index (χ1) is 9.88. The maximum atomic E-state index is 12.9. The Hall–Kier alpha value is -2.24. The van der Waals surface area contributed by atoms with E-state index in [2.05, 4.69) is 5.32 Å². The van der Waals surface area contributed by atoms with Crippen molar-refractivity contribution in [1.29, 1.82) is 0 Å². The van der Waals surface area contributed by atoms with Crippen molar-refractivity contribution < 1.29 is 13.2 Å². The topological polar surface area (TPSA) is 34.0 Å². The van der Waals surface area contributed by atoms with E-state index in [1.165, 1.54) is 0 Å². The molecular weight excluding hydrogens is 281 g/mol. The number of benzene rings is 1. The Morgan fingerprint density at radius 2 is 1.86 bits per heavy atom. The van der Waals surface area contributed by atoms with Crippen molar-refractivity contribution in [2.24, 2.45) is 0 Å². The van der Waals surface area contributed by atoms with Crippen LogP contribution in [0.3, 0.4) is 0 Å². The van der Waals surface area contributed by atoms with Crippen LogP contribution in [0, 0.1) is 6.92 Å². The monoisotopic (exact) mass is 296 g/mol. The highest BCUT2D eigenvalue weighted by atomic mass is 19.4. The highest BCUT2D eigenvalue weighted by molar-refractivity contribution is 5.45. The van der Waals surface area contributed by atoms with E-state index < -0.39 is 17.4 Å². The summed E-state index contributed by atoms with van der Waals surface area (Å²) in [5, 5.41) is 3.01. The average Bonchev–Trinajstić information content (AvgIpc) is 2.39. The highest BCUT2D eigenvalue weighted by Crippen LogP contribution is 2.27. The standard InChI is InChI=1S/C15H15F3N2O/c1-11-4-2-5-12(10-11)19-8-9-20-13(15(16,17)18)6-3-7-14(20)21/h2-7,10,19H,8-9H2,1H3. The largest absolute Gasteiger partial charge is 0.431 e. The van der Waals surface area contributed by atoms with Gasteiger partial charge in [0.25, 0.3) is 5.56 Å². The molecule has 0 radical (unpaired) electrons. The molecule has 0 amide bonds. The van der Waals surface area contributed by atoms with Crippen LogP contribution in [0.15, 0.2) is 47.3 Å². The molecule has 0 aliphatic heterocycles. The Morgan fingerprint density at radius 1 is 1.14 bits per heavy atom. The minimum absolute atomic E-state index is 0.0531. The molecule has 2 rings (SSSR count). The van der Waals surface area contributed by atoms with Gasteiger partial charge in [-0.1, -0.05) is 18.2 Å². The third-order valence-electron chi connectivity index (χ3n) is 3.02. The predicted octanol–water partition coefficient (Wildman–Crippen LogP) is 3.29. The van der Waals surface area contributed by atoms with Crippen molar-refractivity contribution in [3.63, 3.8) is 0 Å². The zero-order chi connectivity index (χ0) is 15.5. The maximum Gasteiger partial charge on any atom is 0.431 e. The molecule has 1 aromatic heterocycles. The van der Waals surface area contributed by atoms with E-state index in [4.69, 9.17) is 0 Å². The zero-order valence-electron chi connectivity index (χ0n) is 11.4. The summed E-state index contributed by atoms with van der Waals surface area (Å²) in [4.78, 5) is 11.6. The van der Waals surface area contributed by atoms with Gasteiger partial charge in [-0.2, -0.15) is 13.2 Å². The minimum Gasteiger partial charge on any atom is -0.383 e. The van der Waals surface area contributed by atoms with Crippen molar-refractivity contribution >= 4 is 5.69 Å². The number of hydrogen-bond acceptors (Lipinski definition) is 2. The molecule has 21 heavy (non-hydrogen) atoms. The van der Waals surface area contributed by atoms with Gasteiger partial charge < -0.3 is 9.88 Å². The molecule has 3 nitrogen and oxygen atoms in total. The van der Waals surface area contributed by atoms with E-state index >= 15 is 0 Å². The number of aryl methyl sites for hydroxylation is 1. The molecule has 0 saturated carbocycles. The van der Waals surface area contributed by atoms with Crippen LogP contribution in [0.4, 0.5) is 18.9 Å². The van der Waals surface area contributed by atoms with Gasteiger partial charge in [-0.05, 0) is 30.7 Å². The van der Waals surface area contributed by atoms with Crippen molar-refractivity contribution in [2.75, 3.05) is 11.9 Å². The second-order valence-electron chi connectivity index (χ2n) is 4.69. The number of alkyl halides is 3. The second kappa shape index (κ2) is 6.03. The molecule has 0 aliphatic carbocycles. The molecule has 0 unspecified atom stereocenters. The van der Waals surface area contributed by atoms with Crippen LogP contribution in [0.25, 0.3) is 0 Å². The van der Waals surface area contributed by atoms with Crippen LogP contribution < -0.4 is 10.9 Å². The quantitative estimate of drug-likeness (QED) is 0.939. The van der Waals surface area contributed by atoms with Gasteiger partial charge in [0.1, 0.15) is 5.69 Å².